The van der Waals surface area contributed by atoms with Gasteiger partial charge >= 0.3 is 5.97 Å². The van der Waals surface area contributed by atoms with Crippen LogP contribution in [0.1, 0.15) is 43.4 Å². The number of benzene rings is 1. The topological polar surface area (TPSA) is 46.5 Å². The van der Waals surface area contributed by atoms with E-state index in [1.165, 1.54) is 18.2 Å². The fourth-order valence-electron chi connectivity index (χ4n) is 1.56. The Hall–Kier alpha value is -1.49. The molecule has 100 valence electrons. The van der Waals surface area contributed by atoms with E-state index in [2.05, 4.69) is 0 Å². The molecule has 0 aromatic heterocycles. The maximum Gasteiger partial charge on any atom is 0.305 e. The molecule has 0 amide bonds. The summed E-state index contributed by atoms with van der Waals surface area (Å²) in [5.74, 6) is -0.401. The fraction of sp³-hybridized carbons (Fsp3) is 0.462. The van der Waals surface area contributed by atoms with Gasteiger partial charge in [-0.1, -0.05) is 18.2 Å². The van der Waals surface area contributed by atoms with Gasteiger partial charge in [0.15, 0.2) is 0 Å². The summed E-state index contributed by atoms with van der Waals surface area (Å²) in [6.07, 6.45) is -3.28. The zero-order valence-electron chi connectivity index (χ0n) is 10.1. The molecule has 0 saturated carbocycles. The highest BCUT2D eigenvalue weighted by Crippen LogP contribution is 2.24. The van der Waals surface area contributed by atoms with Crippen LogP contribution in [0.5, 0.6) is 0 Å². The zero-order valence-corrected chi connectivity index (χ0v) is 10.1. The van der Waals surface area contributed by atoms with E-state index in [0.717, 1.165) is 0 Å². The molecule has 1 atom stereocenters. The highest BCUT2D eigenvalue weighted by Gasteiger charge is 2.13. The second kappa shape index (κ2) is 7.06. The van der Waals surface area contributed by atoms with E-state index in [4.69, 9.17) is 4.74 Å². The first-order chi connectivity index (χ1) is 8.54. The Balaban J connectivity index is 2.58. The standard InChI is InChI=1S/C13H16F2O3/c1-2-18-12(17)7-6-11(16)9-4-3-5-10(8-9)13(14)15/h3-5,8,11,13,16H,2,6-7H2,1H3. The van der Waals surface area contributed by atoms with Crippen LogP contribution in [0, 0.1) is 0 Å². The maximum atomic E-state index is 12.5. The molecule has 0 fully saturated rings. The van der Waals surface area contributed by atoms with Crippen LogP contribution in [-0.4, -0.2) is 17.7 Å². The second-order valence-corrected chi connectivity index (χ2v) is 3.83. The van der Waals surface area contributed by atoms with Crippen LogP contribution in [-0.2, 0) is 9.53 Å². The smallest absolute Gasteiger partial charge is 0.305 e. The van der Waals surface area contributed by atoms with E-state index in [1.807, 2.05) is 0 Å². The van der Waals surface area contributed by atoms with E-state index >= 15 is 0 Å². The van der Waals surface area contributed by atoms with Crippen LogP contribution >= 0.6 is 0 Å². The van der Waals surface area contributed by atoms with Crippen molar-refractivity contribution in [1.82, 2.24) is 0 Å². The number of esters is 1. The number of hydrogen-bond donors (Lipinski definition) is 1. The van der Waals surface area contributed by atoms with Gasteiger partial charge in [-0.3, -0.25) is 4.79 Å². The van der Waals surface area contributed by atoms with E-state index in [9.17, 15) is 18.7 Å². The number of carbonyl (C=O) groups is 1. The summed E-state index contributed by atoms with van der Waals surface area (Å²) < 4.78 is 29.7. The lowest BCUT2D eigenvalue weighted by Crippen LogP contribution is -2.07. The summed E-state index contributed by atoms with van der Waals surface area (Å²) in [6, 6.07) is 5.57. The van der Waals surface area contributed by atoms with Gasteiger partial charge in [0.1, 0.15) is 0 Å². The van der Waals surface area contributed by atoms with Gasteiger partial charge in [0, 0.05) is 12.0 Å². The van der Waals surface area contributed by atoms with Gasteiger partial charge in [-0.15, -0.1) is 0 Å². The molecule has 0 aliphatic rings. The molecule has 0 radical (unpaired) electrons. The van der Waals surface area contributed by atoms with Crippen molar-refractivity contribution in [2.24, 2.45) is 0 Å². The van der Waals surface area contributed by atoms with Crippen molar-refractivity contribution in [1.29, 1.82) is 0 Å². The minimum Gasteiger partial charge on any atom is -0.466 e. The van der Waals surface area contributed by atoms with Crippen molar-refractivity contribution in [3.63, 3.8) is 0 Å². The summed E-state index contributed by atoms with van der Waals surface area (Å²) in [4.78, 5) is 11.1. The van der Waals surface area contributed by atoms with Crippen molar-refractivity contribution in [3.05, 3.63) is 35.4 Å². The summed E-state index contributed by atoms with van der Waals surface area (Å²) in [5, 5.41) is 9.79. The molecule has 5 heteroatoms. The molecule has 0 spiro atoms. The van der Waals surface area contributed by atoms with Crippen molar-refractivity contribution in [2.45, 2.75) is 32.3 Å². The van der Waals surface area contributed by atoms with Gasteiger partial charge in [-0.25, -0.2) is 8.78 Å². The lowest BCUT2D eigenvalue weighted by Gasteiger charge is -2.11. The molecule has 0 saturated heterocycles. The Morgan fingerprint density at radius 2 is 2.06 bits per heavy atom. The van der Waals surface area contributed by atoms with Crippen LogP contribution in [0.3, 0.4) is 0 Å². The van der Waals surface area contributed by atoms with E-state index < -0.39 is 18.5 Å². The average Bonchev–Trinajstić information content (AvgIpc) is 2.36. The molecule has 1 aromatic carbocycles. The molecule has 1 N–H and O–H groups in total. The van der Waals surface area contributed by atoms with E-state index in [0.29, 0.717) is 5.56 Å². The molecule has 1 aromatic rings. The third-order valence-electron chi connectivity index (χ3n) is 2.47. The predicted octanol–water partition coefficient (Wildman–Crippen LogP) is 3.00. The monoisotopic (exact) mass is 258 g/mol. The van der Waals surface area contributed by atoms with Gasteiger partial charge in [-0.05, 0) is 25.0 Å². The van der Waals surface area contributed by atoms with Gasteiger partial charge in [-0.2, -0.15) is 0 Å². The quantitative estimate of drug-likeness (QED) is 0.798. The first kappa shape index (κ1) is 14.6. The molecule has 1 rings (SSSR count). The van der Waals surface area contributed by atoms with Crippen LogP contribution in [0.4, 0.5) is 8.78 Å². The Bertz CT molecular complexity index is 394. The molecular formula is C13H16F2O3. The summed E-state index contributed by atoms with van der Waals surface area (Å²) in [7, 11) is 0. The van der Waals surface area contributed by atoms with Gasteiger partial charge in [0.2, 0.25) is 0 Å². The largest absolute Gasteiger partial charge is 0.466 e. The predicted molar refractivity (Wildman–Crippen MR) is 62.2 cm³/mol. The van der Waals surface area contributed by atoms with Crippen molar-refractivity contribution < 1.29 is 23.4 Å². The number of alkyl halides is 2. The van der Waals surface area contributed by atoms with Gasteiger partial charge in [0.05, 0.1) is 12.7 Å². The minimum absolute atomic E-state index is 0.0634. The number of aliphatic hydroxyl groups excluding tert-OH is 1. The number of aliphatic hydroxyl groups is 1. The van der Waals surface area contributed by atoms with Crippen molar-refractivity contribution in [2.75, 3.05) is 6.61 Å². The fourth-order valence-corrected chi connectivity index (χ4v) is 1.56. The Kier molecular flexibility index (Phi) is 5.71. The SMILES string of the molecule is CCOC(=O)CCC(O)c1cccc(C(F)F)c1. The normalized spacial score (nSPS) is 12.5. The number of ether oxygens (including phenoxy) is 1. The van der Waals surface area contributed by atoms with E-state index in [1.54, 1.807) is 13.0 Å². The molecule has 0 aliphatic carbocycles. The summed E-state index contributed by atoms with van der Waals surface area (Å²) in [6.45, 7) is 1.98. The highest BCUT2D eigenvalue weighted by molar-refractivity contribution is 5.69. The van der Waals surface area contributed by atoms with Crippen molar-refractivity contribution >= 4 is 5.97 Å². The number of hydrogen-bond acceptors (Lipinski definition) is 3. The molecule has 0 bridgehead atoms. The number of rotatable bonds is 6. The number of halogens is 2. The molecule has 3 nitrogen and oxygen atoms in total. The Labute approximate surface area is 104 Å². The second-order valence-electron chi connectivity index (χ2n) is 3.83. The lowest BCUT2D eigenvalue weighted by atomic mass is 10.0. The zero-order chi connectivity index (χ0) is 13.5. The Morgan fingerprint density at radius 3 is 2.67 bits per heavy atom. The molecule has 0 heterocycles. The average molecular weight is 258 g/mol. The van der Waals surface area contributed by atoms with Crippen LogP contribution < -0.4 is 0 Å². The lowest BCUT2D eigenvalue weighted by molar-refractivity contribution is -0.143. The molecule has 1 unspecified atom stereocenters. The summed E-state index contributed by atoms with van der Waals surface area (Å²) in [5.41, 5.74) is 0.250. The highest BCUT2D eigenvalue weighted by atomic mass is 19.3. The number of carbonyl (C=O) groups excluding carboxylic acids is 1. The minimum atomic E-state index is -2.57. The van der Waals surface area contributed by atoms with Gasteiger partial charge < -0.3 is 9.84 Å². The first-order valence-corrected chi connectivity index (χ1v) is 5.76. The van der Waals surface area contributed by atoms with Gasteiger partial charge in [0.25, 0.3) is 6.43 Å². The molecule has 18 heavy (non-hydrogen) atoms. The Morgan fingerprint density at radius 1 is 1.39 bits per heavy atom. The van der Waals surface area contributed by atoms with Crippen LogP contribution in [0.25, 0.3) is 0 Å². The van der Waals surface area contributed by atoms with Crippen LogP contribution in [0.2, 0.25) is 0 Å². The maximum absolute atomic E-state index is 12.5. The third kappa shape index (κ3) is 4.41. The first-order valence-electron chi connectivity index (χ1n) is 5.76. The van der Waals surface area contributed by atoms with Crippen LogP contribution in [0.15, 0.2) is 24.3 Å². The summed E-state index contributed by atoms with van der Waals surface area (Å²) >= 11 is 0. The van der Waals surface area contributed by atoms with Crippen molar-refractivity contribution in [3.8, 4) is 0 Å². The molecule has 0 aliphatic heterocycles. The van der Waals surface area contributed by atoms with E-state index in [-0.39, 0.29) is 25.0 Å². The molecular weight excluding hydrogens is 242 g/mol. The third-order valence-corrected chi connectivity index (χ3v) is 2.47.